The van der Waals surface area contributed by atoms with Gasteiger partial charge >= 0.3 is 0 Å². The minimum Gasteiger partial charge on any atom is -0.484 e. The highest BCUT2D eigenvalue weighted by Crippen LogP contribution is 2.26. The van der Waals surface area contributed by atoms with Crippen LogP contribution in [0.15, 0.2) is 59.1 Å². The van der Waals surface area contributed by atoms with Crippen molar-refractivity contribution >= 4 is 5.91 Å². The minimum atomic E-state index is -0.314. The van der Waals surface area contributed by atoms with E-state index in [0.717, 1.165) is 18.4 Å². The summed E-state index contributed by atoms with van der Waals surface area (Å²) < 4.78 is 23.7. The Bertz CT molecular complexity index is 935. The van der Waals surface area contributed by atoms with Crippen LogP contribution in [0.3, 0.4) is 0 Å². The van der Waals surface area contributed by atoms with Gasteiger partial charge < -0.3 is 14.2 Å². The van der Waals surface area contributed by atoms with Crippen LogP contribution in [0.25, 0.3) is 0 Å². The molecule has 0 spiro atoms. The van der Waals surface area contributed by atoms with Crippen molar-refractivity contribution in [1.82, 2.24) is 15.0 Å². The van der Waals surface area contributed by atoms with Gasteiger partial charge in [0.15, 0.2) is 12.4 Å². The zero-order valence-electron chi connectivity index (χ0n) is 16.0. The maximum Gasteiger partial charge on any atom is 0.264 e. The molecule has 1 amide bonds. The highest BCUT2D eigenvalue weighted by Gasteiger charge is 2.27. The third kappa shape index (κ3) is 4.99. The van der Waals surface area contributed by atoms with Crippen molar-refractivity contribution in [3.63, 3.8) is 0 Å². The summed E-state index contributed by atoms with van der Waals surface area (Å²) in [7, 11) is 0. The molecule has 0 radical (unpaired) electrons. The van der Waals surface area contributed by atoms with Crippen LogP contribution < -0.4 is 4.74 Å². The molecule has 0 saturated carbocycles. The fourth-order valence-electron chi connectivity index (χ4n) is 3.44. The largest absolute Gasteiger partial charge is 0.484 e. The van der Waals surface area contributed by atoms with E-state index in [1.54, 1.807) is 12.1 Å². The van der Waals surface area contributed by atoms with Crippen LogP contribution in [0.4, 0.5) is 4.39 Å². The van der Waals surface area contributed by atoms with Gasteiger partial charge in [0, 0.05) is 19.0 Å². The minimum absolute atomic E-state index is 0.132. The number of benzene rings is 2. The molecule has 1 saturated heterocycles. The molecule has 1 aliphatic rings. The van der Waals surface area contributed by atoms with E-state index in [1.807, 2.05) is 35.2 Å². The van der Waals surface area contributed by atoms with Gasteiger partial charge in [-0.05, 0) is 42.7 Å². The van der Waals surface area contributed by atoms with E-state index in [1.165, 1.54) is 12.1 Å². The SMILES string of the molecule is O=C(Cc1ccccc1)N1CCC(c2noc(COc3ccc(F)cc3)n2)CC1. The first-order valence-corrected chi connectivity index (χ1v) is 9.70. The van der Waals surface area contributed by atoms with Crippen molar-refractivity contribution in [2.24, 2.45) is 0 Å². The lowest BCUT2D eigenvalue weighted by atomic mass is 9.95. The molecule has 2 heterocycles. The van der Waals surface area contributed by atoms with Crippen molar-refractivity contribution in [2.45, 2.75) is 31.8 Å². The first-order valence-electron chi connectivity index (χ1n) is 9.70. The van der Waals surface area contributed by atoms with Gasteiger partial charge in [0.25, 0.3) is 5.89 Å². The highest BCUT2D eigenvalue weighted by atomic mass is 19.1. The number of carbonyl (C=O) groups excluding carboxylic acids is 1. The van der Waals surface area contributed by atoms with Crippen molar-refractivity contribution < 1.29 is 18.4 Å². The summed E-state index contributed by atoms with van der Waals surface area (Å²) >= 11 is 0. The molecule has 29 heavy (non-hydrogen) atoms. The number of halogens is 1. The standard InChI is InChI=1S/C22H22FN3O3/c23-18-6-8-19(9-7-18)28-15-20-24-22(25-29-20)17-10-12-26(13-11-17)21(27)14-16-4-2-1-3-5-16/h1-9,17H,10-15H2. The van der Waals surface area contributed by atoms with E-state index in [-0.39, 0.29) is 24.2 Å². The summed E-state index contributed by atoms with van der Waals surface area (Å²) in [5.41, 5.74) is 1.03. The Kier molecular flexibility index (Phi) is 5.84. The first-order chi connectivity index (χ1) is 14.2. The van der Waals surface area contributed by atoms with Crippen molar-refractivity contribution in [2.75, 3.05) is 13.1 Å². The average molecular weight is 395 g/mol. The number of hydrogen-bond donors (Lipinski definition) is 0. The molecule has 1 aliphatic heterocycles. The Hall–Kier alpha value is -3.22. The maximum atomic E-state index is 12.9. The van der Waals surface area contributed by atoms with E-state index >= 15 is 0 Å². The number of aromatic nitrogens is 2. The summed E-state index contributed by atoms with van der Waals surface area (Å²) in [4.78, 5) is 18.8. The van der Waals surface area contributed by atoms with Gasteiger partial charge in [0.2, 0.25) is 5.91 Å². The third-order valence-corrected chi connectivity index (χ3v) is 5.07. The molecular formula is C22H22FN3O3. The fraction of sp³-hybridized carbons (Fsp3) is 0.318. The predicted molar refractivity (Wildman–Crippen MR) is 104 cm³/mol. The number of ether oxygens (including phenoxy) is 1. The monoisotopic (exact) mass is 395 g/mol. The molecule has 1 aromatic heterocycles. The number of likely N-dealkylation sites (tertiary alicyclic amines) is 1. The smallest absolute Gasteiger partial charge is 0.264 e. The van der Waals surface area contributed by atoms with Crippen LogP contribution in [-0.2, 0) is 17.8 Å². The van der Waals surface area contributed by atoms with Gasteiger partial charge in [-0.1, -0.05) is 35.5 Å². The van der Waals surface area contributed by atoms with E-state index < -0.39 is 0 Å². The topological polar surface area (TPSA) is 68.5 Å². The summed E-state index contributed by atoms with van der Waals surface area (Å²) in [6.45, 7) is 1.51. The summed E-state index contributed by atoms with van der Waals surface area (Å²) in [5.74, 6) is 1.57. The Morgan fingerprint density at radius 2 is 1.83 bits per heavy atom. The Morgan fingerprint density at radius 1 is 1.10 bits per heavy atom. The van der Waals surface area contributed by atoms with E-state index in [0.29, 0.717) is 37.0 Å². The molecule has 4 rings (SSSR count). The molecule has 0 N–H and O–H groups in total. The molecule has 0 bridgehead atoms. The van der Waals surface area contributed by atoms with Gasteiger partial charge in [-0.3, -0.25) is 4.79 Å². The highest BCUT2D eigenvalue weighted by molar-refractivity contribution is 5.78. The zero-order valence-corrected chi connectivity index (χ0v) is 16.0. The lowest BCUT2D eigenvalue weighted by Gasteiger charge is -2.30. The molecule has 7 heteroatoms. The molecule has 0 atom stereocenters. The quantitative estimate of drug-likeness (QED) is 0.636. The number of rotatable bonds is 6. The third-order valence-electron chi connectivity index (χ3n) is 5.07. The molecule has 0 unspecified atom stereocenters. The van der Waals surface area contributed by atoms with Crippen LogP contribution in [0.2, 0.25) is 0 Å². The molecule has 2 aromatic carbocycles. The van der Waals surface area contributed by atoms with Gasteiger partial charge in [0.1, 0.15) is 11.6 Å². The molecule has 6 nitrogen and oxygen atoms in total. The van der Waals surface area contributed by atoms with Crippen molar-refractivity contribution in [1.29, 1.82) is 0 Å². The van der Waals surface area contributed by atoms with Gasteiger partial charge in [0.05, 0.1) is 6.42 Å². The lowest BCUT2D eigenvalue weighted by molar-refractivity contribution is -0.131. The zero-order chi connectivity index (χ0) is 20.1. The fourth-order valence-corrected chi connectivity index (χ4v) is 3.44. The molecule has 1 fully saturated rings. The molecule has 0 aliphatic carbocycles. The van der Waals surface area contributed by atoms with Crippen LogP contribution in [0.1, 0.15) is 36.0 Å². The summed E-state index contributed by atoms with van der Waals surface area (Å²) in [6.07, 6.45) is 2.04. The van der Waals surface area contributed by atoms with E-state index in [9.17, 15) is 9.18 Å². The predicted octanol–water partition coefficient (Wildman–Crippen LogP) is 3.74. The summed E-state index contributed by atoms with van der Waals surface area (Å²) in [5, 5.41) is 4.07. The number of amides is 1. The van der Waals surface area contributed by atoms with Crippen molar-refractivity contribution in [3.05, 3.63) is 77.7 Å². The van der Waals surface area contributed by atoms with Gasteiger partial charge in [-0.2, -0.15) is 4.98 Å². The van der Waals surface area contributed by atoms with E-state index in [2.05, 4.69) is 10.1 Å². The number of piperidine rings is 1. The Balaban J connectivity index is 1.26. The lowest BCUT2D eigenvalue weighted by Crippen LogP contribution is -2.39. The van der Waals surface area contributed by atoms with Crippen LogP contribution >= 0.6 is 0 Å². The van der Waals surface area contributed by atoms with Crippen LogP contribution in [0.5, 0.6) is 5.75 Å². The number of nitrogens with zero attached hydrogens (tertiary/aromatic N) is 3. The maximum absolute atomic E-state index is 12.9. The van der Waals surface area contributed by atoms with Crippen LogP contribution in [-0.4, -0.2) is 34.0 Å². The second-order valence-corrected chi connectivity index (χ2v) is 7.11. The van der Waals surface area contributed by atoms with Crippen molar-refractivity contribution in [3.8, 4) is 5.75 Å². The van der Waals surface area contributed by atoms with Crippen LogP contribution in [0, 0.1) is 5.82 Å². The number of carbonyl (C=O) groups is 1. The second kappa shape index (κ2) is 8.86. The average Bonchev–Trinajstić information content (AvgIpc) is 3.23. The molecule has 3 aromatic rings. The molecular weight excluding hydrogens is 373 g/mol. The first kappa shape index (κ1) is 19.1. The van der Waals surface area contributed by atoms with E-state index in [4.69, 9.17) is 9.26 Å². The Labute approximate surface area is 168 Å². The van der Waals surface area contributed by atoms with Gasteiger partial charge in [-0.15, -0.1) is 0 Å². The second-order valence-electron chi connectivity index (χ2n) is 7.11. The number of hydrogen-bond acceptors (Lipinski definition) is 5. The van der Waals surface area contributed by atoms with Gasteiger partial charge in [-0.25, -0.2) is 4.39 Å². The Morgan fingerprint density at radius 3 is 2.55 bits per heavy atom. The molecule has 150 valence electrons. The summed E-state index contributed by atoms with van der Waals surface area (Å²) in [6, 6.07) is 15.6. The normalized spacial score (nSPS) is 14.7.